The first kappa shape index (κ1) is 24.5. The minimum Gasteiger partial charge on any atom is -0.497 e. The van der Waals surface area contributed by atoms with E-state index in [1.807, 2.05) is 6.08 Å². The Morgan fingerprint density at radius 1 is 1.06 bits per heavy atom. The molecule has 1 aromatic carbocycles. The Bertz CT molecular complexity index is 770. The Kier molecular flexibility index (Phi) is 9.66. The highest BCUT2D eigenvalue weighted by Gasteiger charge is 2.39. The zero-order valence-electron chi connectivity index (χ0n) is 19.3. The van der Waals surface area contributed by atoms with Crippen molar-refractivity contribution in [3.63, 3.8) is 0 Å². The zero-order chi connectivity index (χ0) is 22.1. The maximum Gasteiger partial charge on any atom is 0.330 e. The number of esters is 1. The standard InChI is InChI=1S/C26H39O3PS/c1-3-4-19-29-26(27)18-15-21-20-22(28-2)16-17-25(21)30(31,23-11-7-5-8-12-23)24-13-9-6-10-14-24/h15-18,20,23-24H,3-14,19H2,1-2H3/b18-15+. The molecule has 3 rings (SSSR count). The second-order valence-corrected chi connectivity index (χ2v) is 14.2. The third kappa shape index (κ3) is 6.23. The summed E-state index contributed by atoms with van der Waals surface area (Å²) in [6.07, 6.45) is 18.4. The molecule has 2 aliphatic carbocycles. The van der Waals surface area contributed by atoms with Crippen molar-refractivity contribution in [2.75, 3.05) is 13.7 Å². The van der Waals surface area contributed by atoms with Crippen LogP contribution >= 0.6 is 6.04 Å². The Labute approximate surface area is 194 Å². The van der Waals surface area contributed by atoms with Gasteiger partial charge in [-0.2, -0.15) is 0 Å². The van der Waals surface area contributed by atoms with E-state index in [9.17, 15) is 4.79 Å². The molecule has 2 aliphatic rings. The number of hydrogen-bond donors (Lipinski definition) is 0. The molecule has 1 aromatic rings. The molecule has 0 atom stereocenters. The highest BCUT2D eigenvalue weighted by Crippen LogP contribution is 2.62. The molecule has 0 bridgehead atoms. The summed E-state index contributed by atoms with van der Waals surface area (Å²) in [6, 6.07) is 4.56. The van der Waals surface area contributed by atoms with Crippen molar-refractivity contribution < 1.29 is 14.3 Å². The number of carbonyl (C=O) groups is 1. The van der Waals surface area contributed by atoms with Gasteiger partial charge in [-0.25, -0.2) is 4.79 Å². The predicted octanol–water partition coefficient (Wildman–Crippen LogP) is 6.82. The molecule has 31 heavy (non-hydrogen) atoms. The number of benzene rings is 1. The fourth-order valence-electron chi connectivity index (χ4n) is 5.26. The van der Waals surface area contributed by atoms with E-state index in [2.05, 4.69) is 25.1 Å². The fourth-order valence-corrected chi connectivity index (χ4v) is 11.5. The van der Waals surface area contributed by atoms with Crippen LogP contribution in [-0.4, -0.2) is 31.0 Å². The lowest BCUT2D eigenvalue weighted by atomic mass is 9.99. The van der Waals surface area contributed by atoms with Crippen molar-refractivity contribution in [2.45, 2.75) is 95.3 Å². The SMILES string of the molecule is CCCCOC(=O)/C=C/c1cc(OC)ccc1P(=S)(C1CCCCC1)C1CCCCC1. The van der Waals surface area contributed by atoms with E-state index in [1.54, 1.807) is 13.2 Å². The Balaban J connectivity index is 1.97. The monoisotopic (exact) mass is 462 g/mol. The van der Waals surface area contributed by atoms with Gasteiger partial charge in [0.05, 0.1) is 13.7 Å². The topological polar surface area (TPSA) is 35.5 Å². The number of unbranched alkanes of at least 4 members (excludes halogenated alkanes) is 1. The van der Waals surface area contributed by atoms with Gasteiger partial charge < -0.3 is 9.47 Å². The minimum absolute atomic E-state index is 0.272. The molecule has 0 aromatic heterocycles. The Morgan fingerprint density at radius 3 is 2.23 bits per heavy atom. The van der Waals surface area contributed by atoms with Gasteiger partial charge in [0, 0.05) is 6.08 Å². The summed E-state index contributed by atoms with van der Waals surface area (Å²) in [5, 5.41) is 1.32. The van der Waals surface area contributed by atoms with Crippen molar-refractivity contribution in [3.05, 3.63) is 29.8 Å². The minimum atomic E-state index is -1.80. The van der Waals surface area contributed by atoms with Crippen molar-refractivity contribution >= 4 is 35.2 Å². The van der Waals surface area contributed by atoms with Crippen LogP contribution in [0.2, 0.25) is 0 Å². The van der Waals surface area contributed by atoms with Gasteiger partial charge in [-0.05, 0) is 84.6 Å². The summed E-state index contributed by atoms with van der Waals surface area (Å²) < 4.78 is 10.9. The van der Waals surface area contributed by atoms with Gasteiger partial charge in [-0.1, -0.05) is 63.7 Å². The van der Waals surface area contributed by atoms with Crippen LogP contribution in [0.5, 0.6) is 5.75 Å². The van der Waals surface area contributed by atoms with Crippen molar-refractivity contribution in [1.29, 1.82) is 0 Å². The molecule has 172 valence electrons. The molecule has 5 heteroatoms. The van der Waals surface area contributed by atoms with Gasteiger partial charge in [-0.3, -0.25) is 0 Å². The smallest absolute Gasteiger partial charge is 0.330 e. The highest BCUT2D eigenvalue weighted by molar-refractivity contribution is 8.19. The molecule has 0 aliphatic heterocycles. The normalized spacial score (nSPS) is 18.9. The van der Waals surface area contributed by atoms with Crippen LogP contribution in [0.3, 0.4) is 0 Å². The largest absolute Gasteiger partial charge is 0.497 e. The zero-order valence-corrected chi connectivity index (χ0v) is 21.0. The van der Waals surface area contributed by atoms with E-state index < -0.39 is 6.04 Å². The number of methoxy groups -OCH3 is 1. The summed E-state index contributed by atoms with van der Waals surface area (Å²) in [7, 11) is 1.69. The quantitative estimate of drug-likeness (QED) is 0.175. The molecule has 0 N–H and O–H groups in total. The van der Waals surface area contributed by atoms with Gasteiger partial charge in [-0.15, -0.1) is 0 Å². The maximum absolute atomic E-state index is 12.3. The van der Waals surface area contributed by atoms with Crippen LogP contribution in [-0.2, 0) is 21.3 Å². The van der Waals surface area contributed by atoms with Crippen LogP contribution in [0.4, 0.5) is 0 Å². The molecule has 0 amide bonds. The number of carbonyl (C=O) groups excluding carboxylic acids is 1. The second-order valence-electron chi connectivity index (χ2n) is 9.07. The molecular weight excluding hydrogens is 423 g/mol. The maximum atomic E-state index is 12.3. The summed E-state index contributed by atoms with van der Waals surface area (Å²) in [4.78, 5) is 12.3. The van der Waals surface area contributed by atoms with Crippen LogP contribution in [0.15, 0.2) is 24.3 Å². The van der Waals surface area contributed by atoms with E-state index >= 15 is 0 Å². The first-order chi connectivity index (χ1) is 15.1. The van der Waals surface area contributed by atoms with Gasteiger partial charge >= 0.3 is 5.97 Å². The fraction of sp³-hybridized carbons (Fsp3) is 0.654. The number of hydrogen-bond acceptors (Lipinski definition) is 4. The Morgan fingerprint density at radius 2 is 1.68 bits per heavy atom. The van der Waals surface area contributed by atoms with Crippen molar-refractivity contribution in [1.82, 2.24) is 0 Å². The third-order valence-corrected chi connectivity index (χ3v) is 13.7. The summed E-state index contributed by atoms with van der Waals surface area (Å²) in [5.41, 5.74) is 2.33. The average molecular weight is 463 g/mol. The van der Waals surface area contributed by atoms with E-state index in [4.69, 9.17) is 21.3 Å². The first-order valence-corrected chi connectivity index (χ1v) is 15.2. The van der Waals surface area contributed by atoms with E-state index in [1.165, 1.54) is 69.5 Å². The third-order valence-electron chi connectivity index (χ3n) is 6.99. The lowest BCUT2D eigenvalue weighted by Gasteiger charge is -2.42. The molecule has 0 saturated heterocycles. The van der Waals surface area contributed by atoms with Gasteiger partial charge in [0.15, 0.2) is 0 Å². The number of ether oxygens (including phenoxy) is 2. The lowest BCUT2D eigenvalue weighted by molar-refractivity contribution is -0.137. The van der Waals surface area contributed by atoms with Crippen LogP contribution in [0.25, 0.3) is 6.08 Å². The predicted molar refractivity (Wildman–Crippen MR) is 136 cm³/mol. The summed E-state index contributed by atoms with van der Waals surface area (Å²) in [5.74, 6) is 0.544. The van der Waals surface area contributed by atoms with Crippen molar-refractivity contribution in [3.8, 4) is 5.75 Å². The van der Waals surface area contributed by atoms with Crippen LogP contribution in [0.1, 0.15) is 89.5 Å². The Hall–Kier alpha value is -1.12. The number of rotatable bonds is 9. The molecule has 2 saturated carbocycles. The average Bonchev–Trinajstić information content (AvgIpc) is 2.83. The highest BCUT2D eigenvalue weighted by atomic mass is 32.4. The van der Waals surface area contributed by atoms with Crippen LogP contribution < -0.4 is 10.0 Å². The van der Waals surface area contributed by atoms with E-state index in [0.29, 0.717) is 17.9 Å². The molecule has 0 radical (unpaired) electrons. The first-order valence-electron chi connectivity index (χ1n) is 12.2. The molecule has 3 nitrogen and oxygen atoms in total. The molecule has 0 unspecified atom stereocenters. The van der Waals surface area contributed by atoms with E-state index in [0.717, 1.165) is 24.2 Å². The summed E-state index contributed by atoms with van der Waals surface area (Å²) in [6.45, 7) is 2.57. The molecular formula is C26H39O3PS. The molecule has 0 spiro atoms. The van der Waals surface area contributed by atoms with Crippen molar-refractivity contribution in [2.24, 2.45) is 0 Å². The second kappa shape index (κ2) is 12.2. The van der Waals surface area contributed by atoms with Gasteiger partial charge in [0.1, 0.15) is 5.75 Å². The van der Waals surface area contributed by atoms with Gasteiger partial charge in [0.2, 0.25) is 0 Å². The summed E-state index contributed by atoms with van der Waals surface area (Å²) >= 11 is 6.76. The van der Waals surface area contributed by atoms with Crippen LogP contribution in [0, 0.1) is 0 Å². The van der Waals surface area contributed by atoms with Gasteiger partial charge in [0.25, 0.3) is 0 Å². The van der Waals surface area contributed by atoms with E-state index in [-0.39, 0.29) is 5.97 Å². The lowest BCUT2D eigenvalue weighted by Crippen LogP contribution is -2.30. The molecule has 2 fully saturated rings. The molecule has 0 heterocycles.